The molecule has 7 rings (SSSR count). The molecular formula is C40H40F2N4O6. The summed E-state index contributed by atoms with van der Waals surface area (Å²) >= 11 is 0. The summed E-state index contributed by atoms with van der Waals surface area (Å²) in [6, 6.07) is 14.5. The third-order valence-electron chi connectivity index (χ3n) is 9.67. The number of aromatic nitrogens is 2. The van der Waals surface area contributed by atoms with Crippen molar-refractivity contribution < 1.29 is 32.5 Å². The van der Waals surface area contributed by atoms with E-state index in [9.17, 15) is 14.0 Å². The smallest absolute Gasteiger partial charge is 0.271 e. The number of methoxy groups -OCH3 is 1. The monoisotopic (exact) mass is 710 g/mol. The first-order chi connectivity index (χ1) is 25.1. The highest BCUT2D eigenvalue weighted by Crippen LogP contribution is 2.38. The van der Waals surface area contributed by atoms with E-state index in [1.807, 2.05) is 0 Å². The van der Waals surface area contributed by atoms with Crippen LogP contribution in [0.1, 0.15) is 49.0 Å². The van der Waals surface area contributed by atoms with Crippen LogP contribution in [0.2, 0.25) is 0 Å². The molecule has 52 heavy (non-hydrogen) atoms. The average molecular weight is 711 g/mol. The zero-order valence-corrected chi connectivity index (χ0v) is 29.3. The predicted molar refractivity (Wildman–Crippen MR) is 193 cm³/mol. The summed E-state index contributed by atoms with van der Waals surface area (Å²) in [4.78, 5) is 33.9. The number of hydrogen-bond donors (Lipinski definition) is 1. The van der Waals surface area contributed by atoms with Crippen molar-refractivity contribution in [3.63, 3.8) is 0 Å². The summed E-state index contributed by atoms with van der Waals surface area (Å²) < 4.78 is 53.7. The molecule has 1 fully saturated rings. The number of fused-ring (bicyclic) bond motifs is 2. The summed E-state index contributed by atoms with van der Waals surface area (Å²) in [5, 5.41) is 3.20. The molecule has 0 saturated carbocycles. The fraction of sp³-hybridized carbons (Fsp3) is 0.325. The van der Waals surface area contributed by atoms with Gasteiger partial charge in [-0.2, -0.15) is 0 Å². The summed E-state index contributed by atoms with van der Waals surface area (Å²) in [6.07, 6.45) is 6.91. The lowest BCUT2D eigenvalue weighted by Gasteiger charge is -2.36. The number of halogens is 2. The molecule has 4 heterocycles. The van der Waals surface area contributed by atoms with E-state index in [-0.39, 0.29) is 22.7 Å². The van der Waals surface area contributed by atoms with Crippen molar-refractivity contribution >= 4 is 22.5 Å². The number of ether oxygens (including phenoxy) is 4. The zero-order valence-electron chi connectivity index (χ0n) is 29.3. The van der Waals surface area contributed by atoms with Gasteiger partial charge in [-0.15, -0.1) is 0 Å². The Kier molecular flexibility index (Phi) is 9.83. The third-order valence-corrected chi connectivity index (χ3v) is 9.67. The maximum atomic E-state index is 15.5. The standard InChI is InChI=1S/C40H40F2N4O6/c1-40(2)13-17-45(18-14-40)16-4-19-50-35-23-31-29(22-34(35)49-3)32(11-15-43-31)52-33-10-7-27(21-30(33)42)44-38(47)36-37-25(12-20-51-37)24-46(39(36)48)28-8-5-26(41)6-9-28/h5-11,15,21-24H,4,12-14,16-20H2,1-3H3,(H,44,47). The van der Waals surface area contributed by atoms with Gasteiger partial charge in [-0.25, -0.2) is 8.78 Å². The molecule has 0 atom stereocenters. The van der Waals surface area contributed by atoms with Crippen molar-refractivity contribution in [1.82, 2.24) is 14.5 Å². The molecule has 1 amide bonds. The first kappa shape index (κ1) is 34.9. The third kappa shape index (κ3) is 7.43. The molecule has 10 nitrogen and oxygen atoms in total. The average Bonchev–Trinajstić information content (AvgIpc) is 3.60. The number of carbonyl (C=O) groups excluding carboxylic acids is 1. The van der Waals surface area contributed by atoms with Crippen LogP contribution in [0.15, 0.2) is 77.9 Å². The van der Waals surface area contributed by atoms with Crippen LogP contribution in [0.25, 0.3) is 16.6 Å². The number of hydrogen-bond acceptors (Lipinski definition) is 8. The first-order valence-electron chi connectivity index (χ1n) is 17.4. The Balaban J connectivity index is 1.05. The predicted octanol–water partition coefficient (Wildman–Crippen LogP) is 7.54. The van der Waals surface area contributed by atoms with Crippen LogP contribution in [0.4, 0.5) is 14.5 Å². The Bertz CT molecular complexity index is 2180. The van der Waals surface area contributed by atoms with Crippen LogP contribution in [-0.4, -0.2) is 60.3 Å². The Morgan fingerprint density at radius 3 is 2.52 bits per heavy atom. The molecule has 5 aromatic rings. The second-order valence-corrected chi connectivity index (χ2v) is 13.8. The van der Waals surface area contributed by atoms with Gasteiger partial charge in [-0.3, -0.25) is 19.1 Å². The summed E-state index contributed by atoms with van der Waals surface area (Å²) in [5.74, 6) is -0.480. The van der Waals surface area contributed by atoms with E-state index >= 15 is 4.39 Å². The highest BCUT2D eigenvalue weighted by atomic mass is 19.1. The molecule has 1 N–H and O–H groups in total. The van der Waals surface area contributed by atoms with E-state index in [0.717, 1.165) is 32.1 Å². The van der Waals surface area contributed by atoms with Crippen molar-refractivity contribution in [1.29, 1.82) is 0 Å². The molecule has 270 valence electrons. The number of pyridine rings is 2. The van der Waals surface area contributed by atoms with Crippen molar-refractivity contribution in [3.05, 3.63) is 106 Å². The lowest BCUT2D eigenvalue weighted by Crippen LogP contribution is -2.38. The number of nitrogens with zero attached hydrogens (tertiary/aromatic N) is 3. The Hall–Kier alpha value is -5.49. The van der Waals surface area contributed by atoms with Gasteiger partial charge in [0.05, 0.1) is 25.8 Å². The number of amides is 1. The highest BCUT2D eigenvalue weighted by molar-refractivity contribution is 6.06. The molecule has 3 aromatic carbocycles. The minimum atomic E-state index is -0.770. The molecule has 12 heteroatoms. The van der Waals surface area contributed by atoms with Crippen molar-refractivity contribution in [3.8, 4) is 34.4 Å². The maximum absolute atomic E-state index is 15.5. The fourth-order valence-electron chi connectivity index (χ4n) is 6.57. The van der Waals surface area contributed by atoms with Crippen LogP contribution in [0, 0.1) is 17.0 Å². The van der Waals surface area contributed by atoms with Gasteiger partial charge in [-0.05, 0) is 86.3 Å². The van der Waals surface area contributed by atoms with Crippen LogP contribution in [-0.2, 0) is 6.42 Å². The highest BCUT2D eigenvalue weighted by Gasteiger charge is 2.28. The van der Waals surface area contributed by atoms with E-state index in [1.165, 1.54) is 53.8 Å². The van der Waals surface area contributed by atoms with Gasteiger partial charge < -0.3 is 29.2 Å². The van der Waals surface area contributed by atoms with Crippen LogP contribution in [0.5, 0.6) is 28.7 Å². The van der Waals surface area contributed by atoms with Crippen LogP contribution >= 0.6 is 0 Å². The van der Waals surface area contributed by atoms with Crippen LogP contribution < -0.4 is 29.8 Å². The summed E-state index contributed by atoms with van der Waals surface area (Å²) in [5.41, 5.74) is 1.26. The molecule has 0 unspecified atom stereocenters. The molecule has 2 aliphatic heterocycles. The quantitative estimate of drug-likeness (QED) is 0.140. The fourth-order valence-corrected chi connectivity index (χ4v) is 6.57. The van der Waals surface area contributed by atoms with Gasteiger partial charge in [0.15, 0.2) is 23.1 Å². The van der Waals surface area contributed by atoms with Gasteiger partial charge in [0, 0.05) is 59.8 Å². The van der Waals surface area contributed by atoms with Gasteiger partial charge in [-0.1, -0.05) is 13.8 Å². The minimum absolute atomic E-state index is 0.0894. The number of carbonyl (C=O) groups is 1. The second-order valence-electron chi connectivity index (χ2n) is 13.8. The number of benzene rings is 3. The van der Waals surface area contributed by atoms with Gasteiger partial charge >= 0.3 is 0 Å². The SMILES string of the molecule is COc1cc2c(Oc3ccc(NC(=O)c4c5c(cn(-c6ccc(F)cc6)c4=O)CCO5)cc3F)ccnc2cc1OCCCN1CCC(C)(C)CC1. The van der Waals surface area contributed by atoms with E-state index in [0.29, 0.717) is 64.5 Å². The first-order valence-corrected chi connectivity index (χ1v) is 17.4. The van der Waals surface area contributed by atoms with E-state index in [2.05, 4.69) is 29.0 Å². The number of anilines is 1. The molecule has 0 aliphatic carbocycles. The molecule has 0 bridgehead atoms. The number of likely N-dealkylation sites (tertiary alicyclic amines) is 1. The lowest BCUT2D eigenvalue weighted by molar-refractivity contribution is 0.102. The number of rotatable bonds is 11. The molecular weight excluding hydrogens is 670 g/mol. The molecule has 2 aliphatic rings. The Labute approximate surface area is 299 Å². The largest absolute Gasteiger partial charge is 0.493 e. The number of nitrogens with one attached hydrogen (secondary N) is 1. The molecule has 2 aromatic heterocycles. The molecule has 1 saturated heterocycles. The topological polar surface area (TPSA) is 104 Å². The molecule has 0 spiro atoms. The van der Waals surface area contributed by atoms with Gasteiger partial charge in [0.1, 0.15) is 22.9 Å². The summed E-state index contributed by atoms with van der Waals surface area (Å²) in [6.45, 7) is 8.64. The van der Waals surface area contributed by atoms with E-state index in [4.69, 9.17) is 18.9 Å². The summed E-state index contributed by atoms with van der Waals surface area (Å²) in [7, 11) is 1.56. The molecule has 0 radical (unpaired) electrons. The van der Waals surface area contributed by atoms with Crippen LogP contribution in [0.3, 0.4) is 0 Å². The van der Waals surface area contributed by atoms with E-state index < -0.39 is 23.1 Å². The Morgan fingerprint density at radius 2 is 1.77 bits per heavy atom. The zero-order chi connectivity index (χ0) is 36.4. The van der Waals surface area contributed by atoms with Gasteiger partial charge in [0.2, 0.25) is 0 Å². The minimum Gasteiger partial charge on any atom is -0.493 e. The lowest BCUT2D eigenvalue weighted by atomic mass is 9.83. The van der Waals surface area contributed by atoms with Crippen molar-refractivity contribution in [2.24, 2.45) is 5.41 Å². The van der Waals surface area contributed by atoms with E-state index in [1.54, 1.807) is 37.7 Å². The Morgan fingerprint density at radius 1 is 0.981 bits per heavy atom. The van der Waals surface area contributed by atoms with Gasteiger partial charge in [0.25, 0.3) is 11.5 Å². The second kappa shape index (κ2) is 14.6. The number of piperidine rings is 1. The van der Waals surface area contributed by atoms with Crippen molar-refractivity contribution in [2.75, 3.05) is 45.3 Å². The normalized spacial score (nSPS) is 15.2. The maximum Gasteiger partial charge on any atom is 0.271 e. The van der Waals surface area contributed by atoms with Crippen molar-refractivity contribution in [2.45, 2.75) is 39.5 Å².